The van der Waals surface area contributed by atoms with Gasteiger partial charge in [0.2, 0.25) is 0 Å². The van der Waals surface area contributed by atoms with E-state index >= 15 is 0 Å². The SMILES string of the molecule is CNCc1cc(Cl)ccc1Oc1cc(F)ccc1F. The van der Waals surface area contributed by atoms with E-state index in [1.54, 1.807) is 25.2 Å². The van der Waals surface area contributed by atoms with E-state index in [-0.39, 0.29) is 5.75 Å². The van der Waals surface area contributed by atoms with Gasteiger partial charge >= 0.3 is 0 Å². The van der Waals surface area contributed by atoms with Gasteiger partial charge in [0.15, 0.2) is 11.6 Å². The minimum atomic E-state index is -0.619. The van der Waals surface area contributed by atoms with Gasteiger partial charge in [0.1, 0.15) is 11.6 Å². The van der Waals surface area contributed by atoms with Gasteiger partial charge in [-0.3, -0.25) is 0 Å². The van der Waals surface area contributed by atoms with E-state index < -0.39 is 11.6 Å². The predicted molar refractivity (Wildman–Crippen MR) is 70.6 cm³/mol. The van der Waals surface area contributed by atoms with Gasteiger partial charge in [-0.2, -0.15) is 0 Å². The summed E-state index contributed by atoms with van der Waals surface area (Å²) in [5.74, 6) is -0.893. The van der Waals surface area contributed by atoms with Crippen molar-refractivity contribution in [3.63, 3.8) is 0 Å². The Labute approximate surface area is 115 Å². The summed E-state index contributed by atoms with van der Waals surface area (Å²) in [6, 6.07) is 8.04. The minimum absolute atomic E-state index is 0.153. The van der Waals surface area contributed by atoms with Crippen molar-refractivity contribution < 1.29 is 13.5 Å². The monoisotopic (exact) mass is 283 g/mol. The molecule has 2 aromatic rings. The average Bonchev–Trinajstić information content (AvgIpc) is 2.37. The molecule has 100 valence electrons. The molecular weight excluding hydrogens is 272 g/mol. The maximum Gasteiger partial charge on any atom is 0.165 e. The van der Waals surface area contributed by atoms with Gasteiger partial charge in [-0.05, 0) is 37.4 Å². The highest BCUT2D eigenvalue weighted by Gasteiger charge is 2.10. The lowest BCUT2D eigenvalue weighted by molar-refractivity contribution is 0.431. The van der Waals surface area contributed by atoms with Crippen molar-refractivity contribution in [2.45, 2.75) is 6.54 Å². The highest BCUT2D eigenvalue weighted by atomic mass is 35.5. The Morgan fingerprint density at radius 3 is 2.63 bits per heavy atom. The summed E-state index contributed by atoms with van der Waals surface area (Å²) in [5.41, 5.74) is 0.763. The molecule has 0 atom stereocenters. The second-order valence-electron chi connectivity index (χ2n) is 3.96. The second kappa shape index (κ2) is 5.99. The lowest BCUT2D eigenvalue weighted by Gasteiger charge is -2.12. The largest absolute Gasteiger partial charge is 0.454 e. The molecule has 0 aliphatic heterocycles. The first kappa shape index (κ1) is 13.8. The van der Waals surface area contributed by atoms with Gasteiger partial charge in [-0.1, -0.05) is 11.6 Å². The van der Waals surface area contributed by atoms with Crippen LogP contribution in [0.5, 0.6) is 11.5 Å². The van der Waals surface area contributed by atoms with E-state index in [1.807, 2.05) is 0 Å². The Kier molecular flexibility index (Phi) is 4.35. The molecule has 0 saturated carbocycles. The number of rotatable bonds is 4. The number of ether oxygens (including phenoxy) is 1. The molecule has 1 N–H and O–H groups in total. The predicted octanol–water partition coefficient (Wildman–Crippen LogP) is 4.13. The van der Waals surface area contributed by atoms with Crippen LogP contribution in [0.4, 0.5) is 8.78 Å². The normalized spacial score (nSPS) is 10.5. The smallest absolute Gasteiger partial charge is 0.165 e. The first-order valence-corrected chi connectivity index (χ1v) is 6.04. The van der Waals surface area contributed by atoms with Crippen LogP contribution in [-0.2, 0) is 6.54 Å². The Morgan fingerprint density at radius 1 is 1.11 bits per heavy atom. The Balaban J connectivity index is 2.34. The van der Waals surface area contributed by atoms with Crippen LogP contribution in [0.1, 0.15) is 5.56 Å². The van der Waals surface area contributed by atoms with E-state index in [1.165, 1.54) is 0 Å². The van der Waals surface area contributed by atoms with Crippen LogP contribution in [0.25, 0.3) is 0 Å². The standard InChI is InChI=1S/C14H12ClF2NO/c1-18-8-9-6-10(15)2-5-13(9)19-14-7-11(16)3-4-12(14)17/h2-7,18H,8H2,1H3. The fourth-order valence-corrected chi connectivity index (χ4v) is 1.84. The molecule has 0 unspecified atom stereocenters. The van der Waals surface area contributed by atoms with Crippen molar-refractivity contribution >= 4 is 11.6 Å². The fourth-order valence-electron chi connectivity index (χ4n) is 1.65. The molecule has 0 amide bonds. The van der Waals surface area contributed by atoms with Gasteiger partial charge in [0.25, 0.3) is 0 Å². The molecule has 0 aliphatic rings. The average molecular weight is 284 g/mol. The minimum Gasteiger partial charge on any atom is -0.454 e. The van der Waals surface area contributed by atoms with Crippen molar-refractivity contribution in [1.82, 2.24) is 5.32 Å². The van der Waals surface area contributed by atoms with Gasteiger partial charge in [-0.15, -0.1) is 0 Å². The summed E-state index contributed by atoms with van der Waals surface area (Å²) < 4.78 is 32.0. The van der Waals surface area contributed by atoms with Crippen molar-refractivity contribution in [2.75, 3.05) is 7.05 Å². The molecule has 0 spiro atoms. The summed E-state index contributed by atoms with van der Waals surface area (Å²) in [5, 5.41) is 3.51. The Bertz CT molecular complexity index is 590. The summed E-state index contributed by atoms with van der Waals surface area (Å²) in [7, 11) is 1.77. The van der Waals surface area contributed by atoms with Crippen molar-refractivity contribution in [1.29, 1.82) is 0 Å². The van der Waals surface area contributed by atoms with Gasteiger partial charge in [-0.25, -0.2) is 8.78 Å². The molecule has 2 aromatic carbocycles. The van der Waals surface area contributed by atoms with Crippen LogP contribution < -0.4 is 10.1 Å². The Hall–Kier alpha value is -1.65. The fraction of sp³-hybridized carbons (Fsp3) is 0.143. The molecular formula is C14H12ClF2NO. The second-order valence-corrected chi connectivity index (χ2v) is 4.40. The Morgan fingerprint density at radius 2 is 1.89 bits per heavy atom. The number of nitrogens with one attached hydrogen (secondary N) is 1. The van der Waals surface area contributed by atoms with Crippen molar-refractivity contribution in [3.05, 3.63) is 58.6 Å². The molecule has 2 nitrogen and oxygen atoms in total. The zero-order chi connectivity index (χ0) is 13.8. The zero-order valence-electron chi connectivity index (χ0n) is 10.2. The summed E-state index contributed by atoms with van der Waals surface area (Å²) in [4.78, 5) is 0. The first-order chi connectivity index (χ1) is 9.10. The van der Waals surface area contributed by atoms with E-state index in [9.17, 15) is 8.78 Å². The van der Waals surface area contributed by atoms with Gasteiger partial charge in [0.05, 0.1) is 0 Å². The molecule has 5 heteroatoms. The van der Waals surface area contributed by atoms with Crippen LogP contribution in [0.3, 0.4) is 0 Å². The molecule has 0 aromatic heterocycles. The maximum atomic E-state index is 13.5. The van der Waals surface area contributed by atoms with Gasteiger partial charge < -0.3 is 10.1 Å². The lowest BCUT2D eigenvalue weighted by atomic mass is 10.2. The first-order valence-electron chi connectivity index (χ1n) is 5.66. The third-order valence-electron chi connectivity index (χ3n) is 2.50. The van der Waals surface area contributed by atoms with E-state index in [2.05, 4.69) is 5.32 Å². The third-order valence-corrected chi connectivity index (χ3v) is 2.74. The molecule has 0 fully saturated rings. The van der Waals surface area contributed by atoms with E-state index in [0.29, 0.717) is 17.3 Å². The van der Waals surface area contributed by atoms with Crippen LogP contribution in [0.2, 0.25) is 5.02 Å². The van der Waals surface area contributed by atoms with E-state index in [0.717, 1.165) is 23.8 Å². The van der Waals surface area contributed by atoms with E-state index in [4.69, 9.17) is 16.3 Å². The molecule has 2 rings (SSSR count). The highest BCUT2D eigenvalue weighted by molar-refractivity contribution is 6.30. The van der Waals surface area contributed by atoms with Crippen LogP contribution in [0, 0.1) is 11.6 Å². The lowest BCUT2D eigenvalue weighted by Crippen LogP contribution is -2.06. The molecule has 0 heterocycles. The molecule has 0 saturated heterocycles. The van der Waals surface area contributed by atoms with Crippen molar-refractivity contribution in [2.24, 2.45) is 0 Å². The van der Waals surface area contributed by atoms with Crippen molar-refractivity contribution in [3.8, 4) is 11.5 Å². The summed E-state index contributed by atoms with van der Waals surface area (Å²) in [6.45, 7) is 0.507. The number of hydrogen-bond acceptors (Lipinski definition) is 2. The summed E-state index contributed by atoms with van der Waals surface area (Å²) in [6.07, 6.45) is 0. The number of halogens is 3. The van der Waals surface area contributed by atoms with Crippen LogP contribution >= 0.6 is 11.6 Å². The molecule has 0 radical (unpaired) electrons. The highest BCUT2D eigenvalue weighted by Crippen LogP contribution is 2.29. The third kappa shape index (κ3) is 3.43. The van der Waals surface area contributed by atoms with Gasteiger partial charge in [0, 0.05) is 23.2 Å². The number of benzene rings is 2. The zero-order valence-corrected chi connectivity index (χ0v) is 11.0. The molecule has 19 heavy (non-hydrogen) atoms. The molecule has 0 aliphatic carbocycles. The van der Waals surface area contributed by atoms with Crippen LogP contribution in [0.15, 0.2) is 36.4 Å². The summed E-state index contributed by atoms with van der Waals surface area (Å²) >= 11 is 5.89. The van der Waals surface area contributed by atoms with Crippen LogP contribution in [-0.4, -0.2) is 7.05 Å². The topological polar surface area (TPSA) is 21.3 Å². The maximum absolute atomic E-state index is 13.5. The molecule has 0 bridgehead atoms. The number of hydrogen-bond donors (Lipinski definition) is 1. The quantitative estimate of drug-likeness (QED) is 0.911.